The first kappa shape index (κ1) is 19.6. The minimum absolute atomic E-state index is 0.109. The van der Waals surface area contributed by atoms with E-state index in [9.17, 15) is 19.1 Å². The van der Waals surface area contributed by atoms with E-state index in [1.807, 2.05) is 12.1 Å². The Balaban J connectivity index is 1.39. The van der Waals surface area contributed by atoms with Crippen LogP contribution in [0.1, 0.15) is 0 Å². The summed E-state index contributed by atoms with van der Waals surface area (Å²) in [7, 11) is 0. The van der Waals surface area contributed by atoms with Crippen molar-refractivity contribution in [3.05, 3.63) is 77.1 Å². The fraction of sp³-hybridized carbons (Fsp3) is 0.227. The first-order chi connectivity index (χ1) is 14.5. The number of carbonyl (C=O) groups excluding carboxylic acids is 1. The molecule has 8 heteroatoms. The molecule has 1 aromatic heterocycles. The van der Waals surface area contributed by atoms with Gasteiger partial charge >= 0.3 is 0 Å². The monoisotopic (exact) mass is 408 g/mol. The zero-order chi connectivity index (χ0) is 21.1. The third-order valence-electron chi connectivity index (χ3n) is 5.18. The van der Waals surface area contributed by atoms with E-state index in [0.29, 0.717) is 26.2 Å². The zero-order valence-corrected chi connectivity index (χ0v) is 16.2. The van der Waals surface area contributed by atoms with E-state index in [4.69, 9.17) is 0 Å². The molecule has 1 N–H and O–H groups in total. The number of benzene rings is 2. The molecular formula is C22H21FN4O3. The normalized spacial score (nSPS) is 14.0. The number of halogens is 1. The van der Waals surface area contributed by atoms with Crippen molar-refractivity contribution in [3.63, 3.8) is 0 Å². The van der Waals surface area contributed by atoms with Crippen LogP contribution in [0.3, 0.4) is 0 Å². The Labute approximate surface area is 172 Å². The number of aromatic nitrogens is 2. The molecule has 0 spiro atoms. The first-order valence-electron chi connectivity index (χ1n) is 9.64. The van der Waals surface area contributed by atoms with Crippen LogP contribution in [-0.2, 0) is 11.3 Å². The number of anilines is 1. The van der Waals surface area contributed by atoms with Crippen LogP contribution in [0.4, 0.5) is 10.1 Å². The van der Waals surface area contributed by atoms with Gasteiger partial charge in [0.1, 0.15) is 18.1 Å². The molecule has 154 valence electrons. The van der Waals surface area contributed by atoms with Crippen LogP contribution in [0.5, 0.6) is 5.75 Å². The van der Waals surface area contributed by atoms with Gasteiger partial charge in [0.15, 0.2) is 0 Å². The van der Waals surface area contributed by atoms with Gasteiger partial charge < -0.3 is 14.9 Å². The molecule has 0 unspecified atom stereocenters. The molecule has 1 amide bonds. The fourth-order valence-corrected chi connectivity index (χ4v) is 3.48. The number of rotatable bonds is 4. The van der Waals surface area contributed by atoms with E-state index in [-0.39, 0.29) is 29.5 Å². The van der Waals surface area contributed by atoms with Crippen LogP contribution >= 0.6 is 0 Å². The lowest BCUT2D eigenvalue weighted by Crippen LogP contribution is -2.50. The Hall–Kier alpha value is -3.68. The van der Waals surface area contributed by atoms with Crippen LogP contribution < -0.4 is 10.5 Å². The van der Waals surface area contributed by atoms with E-state index in [2.05, 4.69) is 9.88 Å². The molecular weight excluding hydrogens is 387 g/mol. The second-order valence-corrected chi connectivity index (χ2v) is 7.10. The number of carbonyl (C=O) groups is 1. The number of amides is 1. The van der Waals surface area contributed by atoms with Crippen molar-refractivity contribution in [2.24, 2.45) is 0 Å². The summed E-state index contributed by atoms with van der Waals surface area (Å²) >= 11 is 0. The number of hydrogen-bond donors (Lipinski definition) is 1. The second-order valence-electron chi connectivity index (χ2n) is 7.10. The highest BCUT2D eigenvalue weighted by atomic mass is 19.1. The van der Waals surface area contributed by atoms with Gasteiger partial charge in [-0.15, -0.1) is 0 Å². The number of hydrogen-bond acceptors (Lipinski definition) is 5. The second kappa shape index (κ2) is 8.36. The molecule has 1 aliphatic rings. The lowest BCUT2D eigenvalue weighted by atomic mass is 10.1. The van der Waals surface area contributed by atoms with Crippen molar-refractivity contribution in [1.82, 2.24) is 14.5 Å². The third kappa shape index (κ3) is 4.17. The van der Waals surface area contributed by atoms with Gasteiger partial charge in [-0.3, -0.25) is 14.2 Å². The molecule has 2 heterocycles. The smallest absolute Gasteiger partial charge is 0.254 e. The molecule has 0 saturated carbocycles. The highest BCUT2D eigenvalue weighted by molar-refractivity contribution is 5.76. The predicted octanol–water partition coefficient (Wildman–Crippen LogP) is 2.10. The average Bonchev–Trinajstić information content (AvgIpc) is 2.76. The van der Waals surface area contributed by atoms with Gasteiger partial charge in [-0.25, -0.2) is 9.37 Å². The molecule has 4 rings (SSSR count). The van der Waals surface area contributed by atoms with Crippen molar-refractivity contribution in [1.29, 1.82) is 0 Å². The molecule has 2 aromatic carbocycles. The number of phenolic OH excluding ortho intramolecular Hbond substituents is 1. The Kier molecular flexibility index (Phi) is 5.47. The summed E-state index contributed by atoms with van der Waals surface area (Å²) in [5, 5.41) is 9.40. The average molecular weight is 408 g/mol. The number of phenols is 1. The number of nitrogens with zero attached hydrogens (tertiary/aromatic N) is 4. The van der Waals surface area contributed by atoms with Crippen molar-refractivity contribution >= 4 is 11.6 Å². The minimum Gasteiger partial charge on any atom is -0.508 e. The maximum Gasteiger partial charge on any atom is 0.254 e. The zero-order valence-electron chi connectivity index (χ0n) is 16.2. The van der Waals surface area contributed by atoms with Crippen LogP contribution in [-0.4, -0.2) is 51.6 Å². The fourth-order valence-electron chi connectivity index (χ4n) is 3.48. The highest BCUT2D eigenvalue weighted by Gasteiger charge is 2.22. The largest absolute Gasteiger partial charge is 0.508 e. The Morgan fingerprint density at radius 2 is 1.73 bits per heavy atom. The van der Waals surface area contributed by atoms with Crippen molar-refractivity contribution in [2.45, 2.75) is 6.54 Å². The van der Waals surface area contributed by atoms with Crippen LogP contribution in [0, 0.1) is 5.82 Å². The molecule has 0 radical (unpaired) electrons. The van der Waals surface area contributed by atoms with Gasteiger partial charge in [-0.05, 0) is 36.4 Å². The summed E-state index contributed by atoms with van der Waals surface area (Å²) in [6.07, 6.45) is 1.29. The van der Waals surface area contributed by atoms with Crippen LogP contribution in [0.15, 0.2) is 65.7 Å². The van der Waals surface area contributed by atoms with E-state index in [0.717, 1.165) is 5.69 Å². The molecule has 3 aromatic rings. The van der Waals surface area contributed by atoms with E-state index in [1.54, 1.807) is 35.2 Å². The maximum atomic E-state index is 13.9. The molecule has 0 bridgehead atoms. The molecule has 30 heavy (non-hydrogen) atoms. The first-order valence-corrected chi connectivity index (χ1v) is 9.64. The van der Waals surface area contributed by atoms with E-state index < -0.39 is 11.4 Å². The highest BCUT2D eigenvalue weighted by Crippen LogP contribution is 2.20. The van der Waals surface area contributed by atoms with Gasteiger partial charge in [0.05, 0.1) is 12.0 Å². The SMILES string of the molecule is O=C(Cn1cnc(-c2ccccc2F)cc1=O)N1CCN(c2ccc(O)cc2)CC1. The molecule has 7 nitrogen and oxygen atoms in total. The van der Waals surface area contributed by atoms with E-state index >= 15 is 0 Å². The third-order valence-corrected chi connectivity index (χ3v) is 5.18. The van der Waals surface area contributed by atoms with Gasteiger partial charge in [-0.1, -0.05) is 12.1 Å². The topological polar surface area (TPSA) is 78.7 Å². The Bertz CT molecular complexity index is 1110. The summed E-state index contributed by atoms with van der Waals surface area (Å²) < 4.78 is 15.1. The van der Waals surface area contributed by atoms with Gasteiger partial charge in [-0.2, -0.15) is 0 Å². The molecule has 1 aliphatic heterocycles. The lowest BCUT2D eigenvalue weighted by molar-refractivity contribution is -0.132. The molecule has 1 fully saturated rings. The Morgan fingerprint density at radius 3 is 2.40 bits per heavy atom. The number of piperazine rings is 1. The van der Waals surface area contributed by atoms with E-state index in [1.165, 1.54) is 23.0 Å². The summed E-state index contributed by atoms with van der Waals surface area (Å²) in [5.74, 6) is -0.403. The van der Waals surface area contributed by atoms with Gasteiger partial charge in [0.25, 0.3) is 5.56 Å². The van der Waals surface area contributed by atoms with Crippen LogP contribution in [0.2, 0.25) is 0 Å². The Morgan fingerprint density at radius 1 is 1.03 bits per heavy atom. The van der Waals surface area contributed by atoms with Crippen molar-refractivity contribution in [2.75, 3.05) is 31.1 Å². The van der Waals surface area contributed by atoms with Gasteiger partial charge in [0, 0.05) is 43.5 Å². The summed E-state index contributed by atoms with van der Waals surface area (Å²) in [4.78, 5) is 33.1. The van der Waals surface area contributed by atoms with Crippen molar-refractivity contribution < 1.29 is 14.3 Å². The predicted molar refractivity (Wildman–Crippen MR) is 111 cm³/mol. The number of aromatic hydroxyl groups is 1. The lowest BCUT2D eigenvalue weighted by Gasteiger charge is -2.36. The summed E-state index contributed by atoms with van der Waals surface area (Å²) in [5.41, 5.74) is 1.08. The van der Waals surface area contributed by atoms with Crippen LogP contribution in [0.25, 0.3) is 11.3 Å². The van der Waals surface area contributed by atoms with Gasteiger partial charge in [0.2, 0.25) is 5.91 Å². The maximum absolute atomic E-state index is 13.9. The van der Waals surface area contributed by atoms with Crippen molar-refractivity contribution in [3.8, 4) is 17.0 Å². The molecule has 0 atom stereocenters. The standard InChI is InChI=1S/C22H21FN4O3/c23-19-4-2-1-3-18(19)20-13-21(29)27(15-24-20)14-22(30)26-11-9-25(10-12-26)16-5-7-17(28)8-6-16/h1-8,13,15,28H,9-12,14H2. The quantitative estimate of drug-likeness (QED) is 0.715. The molecule has 0 aliphatic carbocycles. The summed E-state index contributed by atoms with van der Waals surface area (Å²) in [6.45, 7) is 2.29. The summed E-state index contributed by atoms with van der Waals surface area (Å²) in [6, 6.07) is 14.3. The minimum atomic E-state index is -0.454. The molecule has 1 saturated heterocycles.